The van der Waals surface area contributed by atoms with Crippen LogP contribution in [0.1, 0.15) is 21.5 Å². The molecule has 0 fully saturated rings. The smallest absolute Gasteiger partial charge is 0.251 e. The summed E-state index contributed by atoms with van der Waals surface area (Å²) in [5, 5.41) is 0. The highest BCUT2D eigenvalue weighted by Gasteiger charge is 2.07. The van der Waals surface area contributed by atoms with E-state index in [2.05, 4.69) is 0 Å². The van der Waals surface area contributed by atoms with E-state index >= 15 is 0 Å². The maximum atomic E-state index is 11.8. The van der Waals surface area contributed by atoms with Gasteiger partial charge in [0.15, 0.2) is 0 Å². The number of nitrogens with two attached hydrogens (primary N) is 1. The largest absolute Gasteiger partial charge is 0.366 e. The molecule has 0 radical (unpaired) electrons. The molecule has 0 aliphatic carbocycles. The number of carbonyl (C=O) groups is 1. The van der Waals surface area contributed by atoms with Crippen molar-refractivity contribution in [3.05, 3.63) is 69.6 Å². The van der Waals surface area contributed by atoms with E-state index in [0.29, 0.717) is 12.1 Å². The first kappa shape index (κ1) is 12.1. The van der Waals surface area contributed by atoms with E-state index in [1.54, 1.807) is 35.0 Å². The van der Waals surface area contributed by atoms with Crippen LogP contribution in [-0.4, -0.2) is 10.5 Å². The zero-order valence-corrected chi connectivity index (χ0v) is 10.1. The zero-order chi connectivity index (χ0) is 13.1. The highest BCUT2D eigenvalue weighted by molar-refractivity contribution is 5.94. The van der Waals surface area contributed by atoms with Gasteiger partial charge in [0.2, 0.25) is 5.91 Å². The molecule has 0 aliphatic rings. The van der Waals surface area contributed by atoms with Crippen LogP contribution in [0.25, 0.3) is 0 Å². The van der Waals surface area contributed by atoms with Gasteiger partial charge < -0.3 is 10.3 Å². The van der Waals surface area contributed by atoms with Crippen molar-refractivity contribution in [3.63, 3.8) is 0 Å². The molecule has 4 heteroatoms. The third-order valence-corrected chi connectivity index (χ3v) is 2.78. The number of carbonyl (C=O) groups excluding carboxylic acids is 1. The Morgan fingerprint density at radius 1 is 1.28 bits per heavy atom. The van der Waals surface area contributed by atoms with Gasteiger partial charge in [0.05, 0.1) is 6.54 Å². The van der Waals surface area contributed by atoms with E-state index < -0.39 is 5.91 Å². The molecule has 4 nitrogen and oxygen atoms in total. The highest BCUT2D eigenvalue weighted by atomic mass is 16.1. The van der Waals surface area contributed by atoms with Crippen LogP contribution in [0.5, 0.6) is 0 Å². The van der Waals surface area contributed by atoms with Gasteiger partial charge in [0.25, 0.3) is 5.56 Å². The molecular formula is C14H14N2O2. The van der Waals surface area contributed by atoms with Gasteiger partial charge in [-0.2, -0.15) is 0 Å². The maximum absolute atomic E-state index is 11.8. The second-order valence-corrected chi connectivity index (χ2v) is 4.19. The van der Waals surface area contributed by atoms with Gasteiger partial charge in [-0.05, 0) is 30.2 Å². The monoisotopic (exact) mass is 242 g/mol. The van der Waals surface area contributed by atoms with Gasteiger partial charge >= 0.3 is 0 Å². The molecule has 0 bridgehead atoms. The fraction of sp³-hybridized carbons (Fsp3) is 0.143. The third kappa shape index (κ3) is 2.48. The van der Waals surface area contributed by atoms with Crippen molar-refractivity contribution in [3.8, 4) is 0 Å². The Bertz CT molecular complexity index is 644. The minimum Gasteiger partial charge on any atom is -0.366 e. The standard InChI is InChI=1S/C14H14N2O2/c1-10-6-7-16(13(17)8-10)9-11-4-2-3-5-12(11)14(15)18/h2-8H,9H2,1H3,(H2,15,18). The first-order valence-electron chi connectivity index (χ1n) is 5.63. The second kappa shape index (κ2) is 4.87. The van der Waals surface area contributed by atoms with Crippen LogP contribution in [0, 0.1) is 6.92 Å². The lowest BCUT2D eigenvalue weighted by Crippen LogP contribution is -2.21. The summed E-state index contributed by atoms with van der Waals surface area (Å²) in [5.74, 6) is -0.481. The van der Waals surface area contributed by atoms with E-state index in [0.717, 1.165) is 11.1 Å². The first-order chi connectivity index (χ1) is 8.58. The van der Waals surface area contributed by atoms with Crippen LogP contribution >= 0.6 is 0 Å². The number of rotatable bonds is 3. The predicted octanol–water partition coefficient (Wildman–Crippen LogP) is 1.30. The van der Waals surface area contributed by atoms with E-state index in [1.165, 1.54) is 0 Å². The minimum absolute atomic E-state index is 0.0886. The number of pyridine rings is 1. The van der Waals surface area contributed by atoms with Crippen molar-refractivity contribution < 1.29 is 4.79 Å². The number of benzene rings is 1. The lowest BCUT2D eigenvalue weighted by atomic mass is 10.1. The van der Waals surface area contributed by atoms with Gasteiger partial charge in [0.1, 0.15) is 0 Å². The number of aromatic nitrogens is 1. The predicted molar refractivity (Wildman–Crippen MR) is 69.5 cm³/mol. The summed E-state index contributed by atoms with van der Waals surface area (Å²) in [7, 11) is 0. The Balaban J connectivity index is 2.40. The van der Waals surface area contributed by atoms with Crippen molar-refractivity contribution in [2.24, 2.45) is 5.73 Å². The van der Waals surface area contributed by atoms with E-state index in [9.17, 15) is 9.59 Å². The molecular weight excluding hydrogens is 228 g/mol. The molecule has 0 saturated heterocycles. The molecule has 0 unspecified atom stereocenters. The lowest BCUT2D eigenvalue weighted by Gasteiger charge is -2.09. The summed E-state index contributed by atoms with van der Waals surface area (Å²) >= 11 is 0. The molecule has 0 aliphatic heterocycles. The Hall–Kier alpha value is -2.36. The number of amides is 1. The summed E-state index contributed by atoms with van der Waals surface area (Å²) < 4.78 is 1.55. The van der Waals surface area contributed by atoms with Crippen LogP contribution in [0.4, 0.5) is 0 Å². The normalized spacial score (nSPS) is 10.3. The van der Waals surface area contributed by atoms with E-state index in [1.807, 2.05) is 19.1 Å². The molecule has 18 heavy (non-hydrogen) atoms. The summed E-state index contributed by atoms with van der Waals surface area (Å²) in [5.41, 5.74) is 7.33. The Morgan fingerprint density at radius 3 is 2.67 bits per heavy atom. The fourth-order valence-corrected chi connectivity index (χ4v) is 1.82. The molecule has 0 spiro atoms. The molecule has 92 valence electrons. The number of aryl methyl sites for hydroxylation is 1. The Morgan fingerprint density at radius 2 is 2.00 bits per heavy atom. The molecule has 2 aromatic rings. The molecule has 0 saturated carbocycles. The quantitative estimate of drug-likeness (QED) is 0.881. The van der Waals surface area contributed by atoms with Crippen LogP contribution in [0.15, 0.2) is 47.4 Å². The molecule has 1 aromatic carbocycles. The van der Waals surface area contributed by atoms with Gasteiger partial charge in [-0.25, -0.2) is 0 Å². The van der Waals surface area contributed by atoms with Crippen LogP contribution in [-0.2, 0) is 6.54 Å². The topological polar surface area (TPSA) is 65.1 Å². The van der Waals surface area contributed by atoms with Crippen molar-refractivity contribution in [1.29, 1.82) is 0 Å². The summed E-state index contributed by atoms with van der Waals surface area (Å²) in [6.45, 7) is 2.21. The van der Waals surface area contributed by atoms with Gasteiger partial charge in [-0.1, -0.05) is 18.2 Å². The molecule has 1 amide bonds. The molecule has 0 atom stereocenters. The van der Waals surface area contributed by atoms with Gasteiger partial charge in [0, 0.05) is 17.8 Å². The molecule has 1 heterocycles. The van der Waals surface area contributed by atoms with Crippen molar-refractivity contribution in [2.45, 2.75) is 13.5 Å². The Labute approximate surface area is 105 Å². The second-order valence-electron chi connectivity index (χ2n) is 4.19. The van der Waals surface area contributed by atoms with Crippen LogP contribution in [0.2, 0.25) is 0 Å². The minimum atomic E-state index is -0.481. The average molecular weight is 242 g/mol. The summed E-state index contributed by atoms with van der Waals surface area (Å²) in [6, 6.07) is 10.5. The number of primary amides is 1. The van der Waals surface area contributed by atoms with E-state index in [-0.39, 0.29) is 5.56 Å². The third-order valence-electron chi connectivity index (χ3n) is 2.78. The van der Waals surface area contributed by atoms with Crippen molar-refractivity contribution >= 4 is 5.91 Å². The summed E-state index contributed by atoms with van der Waals surface area (Å²) in [6.07, 6.45) is 1.72. The number of hydrogen-bond acceptors (Lipinski definition) is 2. The highest BCUT2D eigenvalue weighted by Crippen LogP contribution is 2.09. The van der Waals surface area contributed by atoms with Crippen molar-refractivity contribution in [1.82, 2.24) is 4.57 Å². The van der Waals surface area contributed by atoms with Gasteiger partial charge in [-0.3, -0.25) is 9.59 Å². The number of nitrogens with zero attached hydrogens (tertiary/aromatic N) is 1. The Kier molecular flexibility index (Phi) is 3.28. The average Bonchev–Trinajstić information content (AvgIpc) is 2.33. The van der Waals surface area contributed by atoms with E-state index in [4.69, 9.17) is 5.73 Å². The molecule has 1 aromatic heterocycles. The van der Waals surface area contributed by atoms with Crippen LogP contribution < -0.4 is 11.3 Å². The lowest BCUT2D eigenvalue weighted by molar-refractivity contribution is 0.0999. The zero-order valence-electron chi connectivity index (χ0n) is 10.1. The summed E-state index contributed by atoms with van der Waals surface area (Å²) in [4.78, 5) is 23.1. The SMILES string of the molecule is Cc1ccn(Cc2ccccc2C(N)=O)c(=O)c1. The maximum Gasteiger partial charge on any atom is 0.251 e. The fourth-order valence-electron chi connectivity index (χ4n) is 1.82. The van der Waals surface area contributed by atoms with Crippen molar-refractivity contribution in [2.75, 3.05) is 0 Å². The van der Waals surface area contributed by atoms with Gasteiger partial charge in [-0.15, -0.1) is 0 Å². The molecule has 2 rings (SSSR count). The number of hydrogen-bond donors (Lipinski definition) is 1. The van der Waals surface area contributed by atoms with Crippen LogP contribution in [0.3, 0.4) is 0 Å². The first-order valence-corrected chi connectivity index (χ1v) is 5.63. The molecule has 2 N–H and O–H groups in total.